The molecule has 0 fully saturated rings. The lowest BCUT2D eigenvalue weighted by Crippen LogP contribution is -2.47. The van der Waals surface area contributed by atoms with E-state index in [0.29, 0.717) is 11.5 Å². The Morgan fingerprint density at radius 2 is 1.81 bits per heavy atom. The summed E-state index contributed by atoms with van der Waals surface area (Å²) in [6.45, 7) is -0.817. The summed E-state index contributed by atoms with van der Waals surface area (Å²) in [6, 6.07) is 12.0. The summed E-state index contributed by atoms with van der Waals surface area (Å²) in [6.07, 6.45) is -1.04. The third-order valence-corrected chi connectivity index (χ3v) is 6.06. The van der Waals surface area contributed by atoms with Crippen LogP contribution >= 0.6 is 0 Å². The summed E-state index contributed by atoms with van der Waals surface area (Å²) < 4.78 is 41.1. The molecule has 0 radical (unpaired) electrons. The first-order valence-electron chi connectivity index (χ1n) is 9.10. The molecule has 0 aromatic heterocycles. The van der Waals surface area contributed by atoms with Crippen LogP contribution < -0.4 is 14.8 Å². The van der Waals surface area contributed by atoms with Crippen molar-refractivity contribution >= 4 is 27.8 Å². The highest BCUT2D eigenvalue weighted by molar-refractivity contribution is 7.89. The Labute approximate surface area is 178 Å². The van der Waals surface area contributed by atoms with Crippen LogP contribution in [0, 0.1) is 0 Å². The Balaban J connectivity index is 1.54. The van der Waals surface area contributed by atoms with Crippen molar-refractivity contribution in [1.82, 2.24) is 9.62 Å². The molecular weight excluding hydrogens is 428 g/mol. The van der Waals surface area contributed by atoms with Crippen LogP contribution in [0.25, 0.3) is 0 Å². The van der Waals surface area contributed by atoms with Crippen LogP contribution in [0.15, 0.2) is 53.4 Å². The van der Waals surface area contributed by atoms with Gasteiger partial charge >= 0.3 is 5.97 Å². The van der Waals surface area contributed by atoms with Crippen LogP contribution in [0.1, 0.15) is 10.4 Å². The van der Waals surface area contributed by atoms with Gasteiger partial charge in [0.05, 0.1) is 10.5 Å². The minimum Gasteiger partial charge on any atom is -0.485 e. The third-order valence-electron chi connectivity index (χ3n) is 4.25. The van der Waals surface area contributed by atoms with Crippen LogP contribution in [0.5, 0.6) is 11.5 Å². The highest BCUT2D eigenvalue weighted by Gasteiger charge is 2.28. The predicted octanol–water partition coefficient (Wildman–Crippen LogP) is 0.577. The third kappa shape index (κ3) is 5.19. The van der Waals surface area contributed by atoms with Gasteiger partial charge in [-0.2, -0.15) is 0 Å². The predicted molar refractivity (Wildman–Crippen MR) is 107 cm³/mol. The first-order valence-corrected chi connectivity index (χ1v) is 10.5. The number of nitrogens with zero attached hydrogens (tertiary/aromatic N) is 1. The highest BCUT2D eigenvalue weighted by Crippen LogP contribution is 2.30. The molecule has 0 saturated carbocycles. The van der Waals surface area contributed by atoms with E-state index in [1.165, 1.54) is 32.3 Å². The van der Waals surface area contributed by atoms with Gasteiger partial charge in [-0.1, -0.05) is 18.2 Å². The van der Waals surface area contributed by atoms with Gasteiger partial charge in [-0.15, -0.1) is 0 Å². The normalized spacial score (nSPS) is 15.3. The zero-order valence-corrected chi connectivity index (χ0v) is 17.5. The fourth-order valence-electron chi connectivity index (χ4n) is 2.61. The standard InChI is InChI=1S/C20H20N2O8S/c1-22(2)31(26,27)14-7-5-6-13(10-14)20(25)29-12-18(23)21-19(24)17-11-28-15-8-3-4-9-16(15)30-17/h3-10,17H,11-12H2,1-2H3,(H,21,23,24)/t17-/m0/s1. The first-order chi connectivity index (χ1) is 14.7. The van der Waals surface area contributed by atoms with Crippen LogP contribution in [0.4, 0.5) is 0 Å². The molecule has 164 valence electrons. The van der Waals surface area contributed by atoms with Gasteiger partial charge in [-0.05, 0) is 30.3 Å². The van der Waals surface area contributed by atoms with Gasteiger partial charge in [0.2, 0.25) is 16.1 Å². The molecular formula is C20H20N2O8S. The van der Waals surface area contributed by atoms with Gasteiger partial charge in [0.25, 0.3) is 11.8 Å². The van der Waals surface area contributed by atoms with E-state index in [2.05, 4.69) is 5.32 Å². The van der Waals surface area contributed by atoms with Crippen LogP contribution in [-0.2, 0) is 24.3 Å². The van der Waals surface area contributed by atoms with Crippen molar-refractivity contribution in [2.24, 2.45) is 0 Å². The van der Waals surface area contributed by atoms with Crippen LogP contribution in [0.2, 0.25) is 0 Å². The number of rotatable bonds is 6. The smallest absolute Gasteiger partial charge is 0.338 e. The lowest BCUT2D eigenvalue weighted by Gasteiger charge is -2.25. The average molecular weight is 448 g/mol. The zero-order chi connectivity index (χ0) is 22.6. The monoisotopic (exact) mass is 448 g/mol. The van der Waals surface area contributed by atoms with E-state index in [-0.39, 0.29) is 17.1 Å². The highest BCUT2D eigenvalue weighted by atomic mass is 32.2. The molecule has 1 heterocycles. The number of sulfonamides is 1. The van der Waals surface area contributed by atoms with Crippen molar-refractivity contribution in [2.45, 2.75) is 11.0 Å². The Hall–Kier alpha value is -3.44. The molecule has 1 aliphatic heterocycles. The number of carbonyl (C=O) groups excluding carboxylic acids is 3. The second kappa shape index (κ2) is 9.14. The zero-order valence-electron chi connectivity index (χ0n) is 16.7. The summed E-state index contributed by atoms with van der Waals surface area (Å²) in [7, 11) is -1.01. The van der Waals surface area contributed by atoms with E-state index in [9.17, 15) is 22.8 Å². The lowest BCUT2D eigenvalue weighted by atomic mass is 10.2. The molecule has 1 atom stereocenters. The van der Waals surface area contributed by atoms with Gasteiger partial charge in [0.1, 0.15) is 6.61 Å². The maximum Gasteiger partial charge on any atom is 0.338 e. The Morgan fingerprint density at radius 1 is 1.10 bits per heavy atom. The Kier molecular flexibility index (Phi) is 6.56. The van der Waals surface area contributed by atoms with Gasteiger partial charge in [-0.3, -0.25) is 14.9 Å². The number of hydrogen-bond acceptors (Lipinski definition) is 8. The fraction of sp³-hybridized carbons (Fsp3) is 0.250. The second-order valence-electron chi connectivity index (χ2n) is 6.67. The molecule has 0 spiro atoms. The van der Waals surface area contributed by atoms with Crippen molar-refractivity contribution in [3.63, 3.8) is 0 Å². The molecule has 1 aliphatic rings. The Bertz CT molecular complexity index is 1110. The fourth-order valence-corrected chi connectivity index (χ4v) is 3.56. The molecule has 0 bridgehead atoms. The van der Waals surface area contributed by atoms with Crippen molar-refractivity contribution in [3.05, 3.63) is 54.1 Å². The van der Waals surface area contributed by atoms with Gasteiger partial charge in [-0.25, -0.2) is 17.5 Å². The van der Waals surface area contributed by atoms with Crippen LogP contribution in [-0.4, -0.2) is 63.9 Å². The van der Waals surface area contributed by atoms with E-state index in [4.69, 9.17) is 14.2 Å². The maximum atomic E-state index is 12.2. The summed E-state index contributed by atoms with van der Waals surface area (Å²) in [5.41, 5.74) is -0.0531. The Morgan fingerprint density at radius 3 is 2.52 bits per heavy atom. The summed E-state index contributed by atoms with van der Waals surface area (Å²) in [4.78, 5) is 36.3. The topological polar surface area (TPSA) is 128 Å². The van der Waals surface area contributed by atoms with Crippen molar-refractivity contribution in [3.8, 4) is 11.5 Å². The molecule has 11 heteroatoms. The van der Waals surface area contributed by atoms with Gasteiger partial charge in [0.15, 0.2) is 18.1 Å². The number of esters is 1. The number of nitrogens with one attached hydrogen (secondary N) is 1. The second-order valence-corrected chi connectivity index (χ2v) is 8.82. The summed E-state index contributed by atoms with van der Waals surface area (Å²) >= 11 is 0. The minimum absolute atomic E-state index is 0.0531. The maximum absolute atomic E-state index is 12.2. The molecule has 31 heavy (non-hydrogen) atoms. The molecule has 1 N–H and O–H groups in total. The van der Waals surface area contributed by atoms with Crippen molar-refractivity contribution < 1.29 is 37.0 Å². The SMILES string of the molecule is CN(C)S(=O)(=O)c1cccc(C(=O)OCC(=O)NC(=O)[C@@H]2COc3ccccc3O2)c1. The molecule has 10 nitrogen and oxygen atoms in total. The average Bonchev–Trinajstić information content (AvgIpc) is 2.77. The molecule has 0 aliphatic carbocycles. The number of para-hydroxylation sites is 2. The first kappa shape index (κ1) is 22.2. The quantitative estimate of drug-likeness (QED) is 0.636. The molecule has 2 aromatic rings. The minimum atomic E-state index is -3.74. The van der Waals surface area contributed by atoms with E-state index in [1.54, 1.807) is 24.3 Å². The van der Waals surface area contributed by atoms with E-state index in [0.717, 1.165) is 10.4 Å². The number of ether oxygens (including phenoxy) is 3. The summed E-state index contributed by atoms with van der Waals surface area (Å²) in [5.74, 6) is -1.65. The van der Waals surface area contributed by atoms with Crippen molar-refractivity contribution in [1.29, 1.82) is 0 Å². The number of fused-ring (bicyclic) bond motifs is 1. The summed E-state index contributed by atoms with van der Waals surface area (Å²) in [5, 5.41) is 2.08. The van der Waals surface area contributed by atoms with E-state index in [1.807, 2.05) is 0 Å². The van der Waals surface area contributed by atoms with E-state index >= 15 is 0 Å². The van der Waals surface area contributed by atoms with Gasteiger partial charge in [0, 0.05) is 14.1 Å². The van der Waals surface area contributed by atoms with E-state index < -0.39 is 40.5 Å². The molecule has 0 unspecified atom stereocenters. The molecule has 3 rings (SSSR count). The number of imide groups is 1. The van der Waals surface area contributed by atoms with Crippen LogP contribution in [0.3, 0.4) is 0 Å². The molecule has 2 aromatic carbocycles. The number of benzene rings is 2. The number of carbonyl (C=O) groups is 3. The molecule has 2 amide bonds. The largest absolute Gasteiger partial charge is 0.485 e. The lowest BCUT2D eigenvalue weighted by molar-refractivity contribution is -0.137. The number of hydrogen-bond donors (Lipinski definition) is 1. The molecule has 0 saturated heterocycles. The number of amides is 2. The van der Waals surface area contributed by atoms with Crippen molar-refractivity contribution in [2.75, 3.05) is 27.3 Å². The van der Waals surface area contributed by atoms with Gasteiger partial charge < -0.3 is 14.2 Å².